The summed E-state index contributed by atoms with van der Waals surface area (Å²) in [5.74, 6) is 2.95. The molecule has 0 amide bonds. The molecule has 3 aromatic rings. The Morgan fingerprint density at radius 3 is 2.14 bits per heavy atom. The molecule has 1 fully saturated rings. The molecule has 4 rings (SSSR count). The molecule has 0 atom stereocenters. The van der Waals surface area contributed by atoms with Crippen molar-refractivity contribution in [2.24, 2.45) is 0 Å². The fourth-order valence-corrected chi connectivity index (χ4v) is 3.05. The summed E-state index contributed by atoms with van der Waals surface area (Å²) in [7, 11) is 4.76. The lowest BCUT2D eigenvalue weighted by molar-refractivity contribution is 0.324. The average molecular weight is 392 g/mol. The normalized spacial score (nSPS) is 12.9. The molecule has 1 aliphatic rings. The molecule has 7 nitrogen and oxygen atoms in total. The Bertz CT molecular complexity index is 966. The van der Waals surface area contributed by atoms with E-state index in [4.69, 9.17) is 19.2 Å². The Labute approximate surface area is 170 Å². The third-order valence-electron chi connectivity index (χ3n) is 4.65. The smallest absolute Gasteiger partial charge is 0.229 e. The van der Waals surface area contributed by atoms with Gasteiger partial charge in [-0.3, -0.25) is 0 Å². The molecule has 0 unspecified atom stereocenters. The van der Waals surface area contributed by atoms with Gasteiger partial charge in [0.2, 0.25) is 11.7 Å². The van der Waals surface area contributed by atoms with Crippen molar-refractivity contribution in [2.45, 2.75) is 18.9 Å². The Balaban J connectivity index is 1.70. The molecule has 29 heavy (non-hydrogen) atoms. The van der Waals surface area contributed by atoms with E-state index in [1.165, 1.54) is 12.8 Å². The minimum atomic E-state index is 0.488. The molecule has 0 aliphatic heterocycles. The molecule has 0 radical (unpaired) electrons. The van der Waals surface area contributed by atoms with Gasteiger partial charge in [0.05, 0.1) is 27.0 Å². The van der Waals surface area contributed by atoms with Crippen LogP contribution in [0.5, 0.6) is 17.2 Å². The van der Waals surface area contributed by atoms with Crippen molar-refractivity contribution in [3.05, 3.63) is 48.5 Å². The summed E-state index contributed by atoms with van der Waals surface area (Å²) in [4.78, 5) is 9.35. The topological polar surface area (TPSA) is 77.5 Å². The third-order valence-corrected chi connectivity index (χ3v) is 4.65. The van der Waals surface area contributed by atoms with Crippen LogP contribution in [-0.2, 0) is 0 Å². The number of aromatic nitrogens is 2. The van der Waals surface area contributed by atoms with E-state index >= 15 is 0 Å². The number of methoxy groups -OCH3 is 3. The first-order chi connectivity index (χ1) is 14.2. The van der Waals surface area contributed by atoms with Crippen LogP contribution >= 0.6 is 0 Å². The summed E-state index contributed by atoms with van der Waals surface area (Å²) in [6.07, 6.45) is 2.33. The van der Waals surface area contributed by atoms with Crippen molar-refractivity contribution in [3.8, 4) is 28.5 Å². The van der Waals surface area contributed by atoms with E-state index in [0.717, 1.165) is 22.8 Å². The average Bonchev–Trinajstić information content (AvgIpc) is 3.57. The maximum Gasteiger partial charge on any atom is 0.229 e. The molecule has 2 N–H and O–H groups in total. The van der Waals surface area contributed by atoms with Gasteiger partial charge in [-0.05, 0) is 12.8 Å². The monoisotopic (exact) mass is 392 g/mol. The van der Waals surface area contributed by atoms with E-state index in [9.17, 15) is 0 Å². The Hall–Kier alpha value is -3.48. The van der Waals surface area contributed by atoms with E-state index in [1.54, 1.807) is 21.3 Å². The molecular formula is C22H24N4O3. The van der Waals surface area contributed by atoms with Crippen molar-refractivity contribution in [1.82, 2.24) is 9.97 Å². The first-order valence-electron chi connectivity index (χ1n) is 9.48. The van der Waals surface area contributed by atoms with Crippen molar-refractivity contribution in [3.63, 3.8) is 0 Å². The van der Waals surface area contributed by atoms with Gasteiger partial charge in [-0.15, -0.1) is 0 Å². The second kappa shape index (κ2) is 8.26. The predicted molar refractivity (Wildman–Crippen MR) is 113 cm³/mol. The number of hydrogen-bond donors (Lipinski definition) is 2. The second-order valence-electron chi connectivity index (χ2n) is 6.79. The van der Waals surface area contributed by atoms with E-state index in [2.05, 4.69) is 15.6 Å². The zero-order chi connectivity index (χ0) is 20.2. The van der Waals surface area contributed by atoms with Crippen LogP contribution in [0.4, 0.5) is 17.5 Å². The minimum absolute atomic E-state index is 0.488. The first-order valence-corrected chi connectivity index (χ1v) is 9.48. The fraction of sp³-hybridized carbons (Fsp3) is 0.273. The quantitative estimate of drug-likeness (QED) is 0.585. The van der Waals surface area contributed by atoms with Crippen LogP contribution in [0.1, 0.15) is 12.8 Å². The zero-order valence-electron chi connectivity index (χ0n) is 16.7. The molecule has 1 heterocycles. The molecule has 2 aromatic carbocycles. The summed E-state index contributed by atoms with van der Waals surface area (Å²) in [6, 6.07) is 16.2. The molecular weight excluding hydrogens is 368 g/mol. The summed E-state index contributed by atoms with van der Waals surface area (Å²) in [6.45, 7) is 0. The molecule has 7 heteroatoms. The first kappa shape index (κ1) is 18.9. The van der Waals surface area contributed by atoms with Crippen LogP contribution < -0.4 is 24.8 Å². The number of nitrogens with one attached hydrogen (secondary N) is 2. The van der Waals surface area contributed by atoms with Crippen molar-refractivity contribution in [1.29, 1.82) is 0 Å². The molecule has 0 spiro atoms. The van der Waals surface area contributed by atoms with E-state index in [0.29, 0.717) is 29.2 Å². The van der Waals surface area contributed by atoms with Gasteiger partial charge in [-0.1, -0.05) is 30.3 Å². The molecule has 0 bridgehead atoms. The number of anilines is 3. The van der Waals surface area contributed by atoms with Crippen LogP contribution in [0, 0.1) is 0 Å². The summed E-state index contributed by atoms with van der Waals surface area (Å²) in [5.41, 5.74) is 2.61. The Morgan fingerprint density at radius 1 is 0.862 bits per heavy atom. The summed E-state index contributed by atoms with van der Waals surface area (Å²) < 4.78 is 16.3. The van der Waals surface area contributed by atoms with Gasteiger partial charge in [0.25, 0.3) is 0 Å². The van der Waals surface area contributed by atoms with Crippen LogP contribution in [0.2, 0.25) is 0 Å². The summed E-state index contributed by atoms with van der Waals surface area (Å²) >= 11 is 0. The molecule has 1 saturated carbocycles. The van der Waals surface area contributed by atoms with Gasteiger partial charge in [0, 0.05) is 35.5 Å². The third kappa shape index (κ3) is 4.34. The molecule has 150 valence electrons. The van der Waals surface area contributed by atoms with Crippen molar-refractivity contribution < 1.29 is 14.2 Å². The van der Waals surface area contributed by atoms with E-state index < -0.39 is 0 Å². The lowest BCUT2D eigenvalue weighted by atomic mass is 10.1. The number of benzene rings is 2. The van der Waals surface area contributed by atoms with Crippen LogP contribution in [0.15, 0.2) is 48.5 Å². The van der Waals surface area contributed by atoms with Crippen LogP contribution in [0.3, 0.4) is 0 Å². The highest BCUT2D eigenvalue weighted by Crippen LogP contribution is 2.40. The predicted octanol–water partition coefficient (Wildman–Crippen LogP) is 4.49. The fourth-order valence-electron chi connectivity index (χ4n) is 3.05. The lowest BCUT2D eigenvalue weighted by Gasteiger charge is -2.15. The van der Waals surface area contributed by atoms with Crippen LogP contribution in [-0.4, -0.2) is 37.3 Å². The number of ether oxygens (including phenoxy) is 3. The van der Waals surface area contributed by atoms with Gasteiger partial charge < -0.3 is 24.8 Å². The molecule has 1 aromatic heterocycles. The van der Waals surface area contributed by atoms with E-state index in [1.807, 2.05) is 48.5 Å². The lowest BCUT2D eigenvalue weighted by Crippen LogP contribution is -2.07. The highest BCUT2D eigenvalue weighted by molar-refractivity contribution is 5.69. The van der Waals surface area contributed by atoms with Gasteiger partial charge in [0.15, 0.2) is 11.5 Å². The number of hydrogen-bond acceptors (Lipinski definition) is 7. The Kier molecular flexibility index (Phi) is 5.37. The standard InChI is InChI=1S/C22H24N4O3/c1-27-18-11-16(12-19(28-2)21(18)29-3)24-22-25-17(14-7-5-4-6-8-14)13-20(26-22)23-15-9-10-15/h4-8,11-13,15H,9-10H2,1-3H3,(H2,23,24,25,26). The molecule has 1 aliphatic carbocycles. The Morgan fingerprint density at radius 2 is 1.55 bits per heavy atom. The van der Waals surface area contributed by atoms with Crippen molar-refractivity contribution >= 4 is 17.5 Å². The number of nitrogens with zero attached hydrogens (tertiary/aromatic N) is 2. The van der Waals surface area contributed by atoms with Crippen molar-refractivity contribution in [2.75, 3.05) is 32.0 Å². The van der Waals surface area contributed by atoms with Gasteiger partial charge >= 0.3 is 0 Å². The van der Waals surface area contributed by atoms with E-state index in [-0.39, 0.29) is 0 Å². The highest BCUT2D eigenvalue weighted by Gasteiger charge is 2.22. The maximum atomic E-state index is 5.44. The van der Waals surface area contributed by atoms with Gasteiger partial charge in [-0.2, -0.15) is 4.98 Å². The number of rotatable bonds is 8. The van der Waals surface area contributed by atoms with Gasteiger partial charge in [-0.25, -0.2) is 4.98 Å². The maximum absolute atomic E-state index is 5.44. The van der Waals surface area contributed by atoms with Gasteiger partial charge in [0.1, 0.15) is 5.82 Å². The SMILES string of the molecule is COc1cc(Nc2nc(NC3CC3)cc(-c3ccccc3)n2)cc(OC)c1OC. The molecule has 0 saturated heterocycles. The largest absolute Gasteiger partial charge is 0.493 e. The summed E-state index contributed by atoms with van der Waals surface area (Å²) in [5, 5.41) is 6.73. The zero-order valence-corrected chi connectivity index (χ0v) is 16.7. The van der Waals surface area contributed by atoms with Crippen LogP contribution in [0.25, 0.3) is 11.3 Å². The highest BCUT2D eigenvalue weighted by atomic mass is 16.5. The second-order valence-corrected chi connectivity index (χ2v) is 6.79. The minimum Gasteiger partial charge on any atom is -0.493 e.